The maximum Gasteiger partial charge on any atom is 0.317 e. The normalized spacial score (nSPS) is 25.5. The Balaban J connectivity index is 1.47. The van der Waals surface area contributed by atoms with E-state index in [1.165, 1.54) is 44.9 Å². The summed E-state index contributed by atoms with van der Waals surface area (Å²) in [6.45, 7) is 1.12. The number of fused-ring (bicyclic) bond motifs is 1. The third-order valence-electron chi connectivity index (χ3n) is 6.50. The minimum Gasteiger partial charge on any atom is -0.335 e. The molecule has 130 valence electrons. The molecule has 1 aromatic rings. The van der Waals surface area contributed by atoms with Crippen LogP contribution in [0.25, 0.3) is 0 Å². The van der Waals surface area contributed by atoms with E-state index in [0.29, 0.717) is 24.5 Å². The van der Waals surface area contributed by atoms with Gasteiger partial charge in [0, 0.05) is 24.3 Å². The van der Waals surface area contributed by atoms with E-state index >= 15 is 0 Å². The fourth-order valence-corrected chi connectivity index (χ4v) is 5.11. The summed E-state index contributed by atoms with van der Waals surface area (Å²) in [5, 5.41) is 3.35. The summed E-state index contributed by atoms with van der Waals surface area (Å²) in [6, 6.07) is 2.29. The molecule has 1 aromatic heterocycles. The summed E-state index contributed by atoms with van der Waals surface area (Å²) in [5.41, 5.74) is 2.11. The number of rotatable bonds is 1. The minimum absolute atomic E-state index is 0.0158. The second kappa shape index (κ2) is 6.26. The van der Waals surface area contributed by atoms with Crippen LogP contribution in [0.1, 0.15) is 62.5 Å². The minimum atomic E-state index is -0.0603. The highest BCUT2D eigenvalue weighted by Crippen LogP contribution is 2.49. The SMILES string of the molecule is O=C(NC1CCCCC12CCCC2)N1CCc2cc[nH]c(=O)c2C1. The van der Waals surface area contributed by atoms with Gasteiger partial charge < -0.3 is 15.2 Å². The van der Waals surface area contributed by atoms with Crippen LogP contribution in [0.5, 0.6) is 0 Å². The van der Waals surface area contributed by atoms with Gasteiger partial charge in [0.05, 0.1) is 6.54 Å². The van der Waals surface area contributed by atoms with E-state index in [4.69, 9.17) is 0 Å². The van der Waals surface area contributed by atoms with Gasteiger partial charge >= 0.3 is 6.03 Å². The first kappa shape index (κ1) is 15.7. The molecule has 0 radical (unpaired) electrons. The van der Waals surface area contributed by atoms with Crippen molar-refractivity contribution in [1.29, 1.82) is 0 Å². The lowest BCUT2D eigenvalue weighted by atomic mass is 9.69. The van der Waals surface area contributed by atoms with Crippen LogP contribution in [-0.4, -0.2) is 28.5 Å². The third kappa shape index (κ3) is 2.74. The van der Waals surface area contributed by atoms with Gasteiger partial charge in [-0.05, 0) is 49.1 Å². The number of carbonyl (C=O) groups excluding carboxylic acids is 1. The van der Waals surface area contributed by atoms with Gasteiger partial charge in [0.25, 0.3) is 5.56 Å². The Morgan fingerprint density at radius 1 is 1.21 bits per heavy atom. The average Bonchev–Trinajstić information content (AvgIpc) is 3.06. The molecule has 2 heterocycles. The predicted octanol–water partition coefficient (Wildman–Crippen LogP) is 2.95. The van der Waals surface area contributed by atoms with Crippen molar-refractivity contribution in [3.8, 4) is 0 Å². The first-order chi connectivity index (χ1) is 11.7. The Morgan fingerprint density at radius 2 is 1.96 bits per heavy atom. The molecule has 5 nitrogen and oxygen atoms in total. The Bertz CT molecular complexity index is 675. The van der Waals surface area contributed by atoms with Gasteiger partial charge in [-0.1, -0.05) is 25.7 Å². The highest BCUT2D eigenvalue weighted by molar-refractivity contribution is 5.75. The number of hydrogen-bond acceptors (Lipinski definition) is 2. The molecule has 2 amide bonds. The van der Waals surface area contributed by atoms with E-state index in [9.17, 15) is 9.59 Å². The van der Waals surface area contributed by atoms with Crippen molar-refractivity contribution in [2.75, 3.05) is 6.54 Å². The van der Waals surface area contributed by atoms with Crippen LogP contribution in [0.4, 0.5) is 4.79 Å². The number of carbonyl (C=O) groups is 1. The van der Waals surface area contributed by atoms with Crippen LogP contribution in [0, 0.1) is 5.41 Å². The second-order valence-electron chi connectivity index (χ2n) is 7.80. The summed E-state index contributed by atoms with van der Waals surface area (Å²) in [6.07, 6.45) is 12.5. The van der Waals surface area contributed by atoms with Crippen LogP contribution in [0.15, 0.2) is 17.1 Å². The first-order valence-electron chi connectivity index (χ1n) is 9.43. The Labute approximate surface area is 142 Å². The molecule has 2 saturated carbocycles. The van der Waals surface area contributed by atoms with E-state index in [1.807, 2.05) is 11.0 Å². The smallest absolute Gasteiger partial charge is 0.317 e. The lowest BCUT2D eigenvalue weighted by Gasteiger charge is -2.43. The summed E-state index contributed by atoms with van der Waals surface area (Å²) >= 11 is 0. The molecular weight excluding hydrogens is 302 g/mol. The van der Waals surface area contributed by atoms with Crippen molar-refractivity contribution in [2.24, 2.45) is 5.41 Å². The fraction of sp³-hybridized carbons (Fsp3) is 0.684. The van der Waals surface area contributed by atoms with Gasteiger partial charge in [0.2, 0.25) is 0 Å². The number of amides is 2. The molecule has 2 fully saturated rings. The second-order valence-corrected chi connectivity index (χ2v) is 7.80. The van der Waals surface area contributed by atoms with Gasteiger partial charge in [-0.3, -0.25) is 4.79 Å². The molecule has 4 rings (SSSR count). The average molecular weight is 329 g/mol. The van der Waals surface area contributed by atoms with Crippen LogP contribution in [0.3, 0.4) is 0 Å². The predicted molar refractivity (Wildman–Crippen MR) is 92.9 cm³/mol. The Morgan fingerprint density at radius 3 is 2.75 bits per heavy atom. The number of aromatic amines is 1. The van der Waals surface area contributed by atoms with Crippen molar-refractivity contribution in [1.82, 2.24) is 15.2 Å². The molecule has 1 spiro atoms. The number of H-pyrrole nitrogens is 1. The van der Waals surface area contributed by atoms with E-state index in [1.54, 1.807) is 6.20 Å². The molecule has 5 heteroatoms. The first-order valence-corrected chi connectivity index (χ1v) is 9.43. The third-order valence-corrected chi connectivity index (χ3v) is 6.50. The standard InChI is InChI=1S/C19H27N3O2/c23-17-15-13-22(12-7-14(15)6-11-20-17)18(24)21-16-5-1-2-8-19(16)9-3-4-10-19/h6,11,16H,1-5,7-10,12-13H2,(H,20,23)(H,21,24). The number of aromatic nitrogens is 1. The summed E-state index contributed by atoms with van der Waals surface area (Å²) < 4.78 is 0. The van der Waals surface area contributed by atoms with Gasteiger partial charge in [0.15, 0.2) is 0 Å². The van der Waals surface area contributed by atoms with Gasteiger partial charge in [0.1, 0.15) is 0 Å². The van der Waals surface area contributed by atoms with Crippen molar-refractivity contribution < 1.29 is 4.79 Å². The van der Waals surface area contributed by atoms with Crippen LogP contribution in [-0.2, 0) is 13.0 Å². The quantitative estimate of drug-likeness (QED) is 0.832. The van der Waals surface area contributed by atoms with E-state index in [-0.39, 0.29) is 11.6 Å². The van der Waals surface area contributed by atoms with E-state index in [0.717, 1.165) is 24.0 Å². The molecule has 24 heavy (non-hydrogen) atoms. The van der Waals surface area contributed by atoms with Crippen molar-refractivity contribution in [3.63, 3.8) is 0 Å². The molecule has 3 aliphatic rings. The van der Waals surface area contributed by atoms with Gasteiger partial charge in [-0.25, -0.2) is 4.79 Å². The number of hydrogen-bond donors (Lipinski definition) is 2. The van der Waals surface area contributed by atoms with Gasteiger partial charge in [-0.2, -0.15) is 0 Å². The monoisotopic (exact) mass is 329 g/mol. The zero-order valence-electron chi connectivity index (χ0n) is 14.3. The lowest BCUT2D eigenvalue weighted by Crippen LogP contribution is -2.53. The highest BCUT2D eigenvalue weighted by atomic mass is 16.2. The molecule has 1 aliphatic heterocycles. The van der Waals surface area contributed by atoms with E-state index < -0.39 is 0 Å². The Kier molecular flexibility index (Phi) is 4.10. The summed E-state index contributed by atoms with van der Waals surface area (Å²) in [7, 11) is 0. The maximum absolute atomic E-state index is 12.8. The summed E-state index contributed by atoms with van der Waals surface area (Å²) in [4.78, 5) is 29.4. The fourth-order valence-electron chi connectivity index (χ4n) is 5.11. The number of nitrogens with one attached hydrogen (secondary N) is 2. The zero-order chi connectivity index (χ0) is 16.6. The molecule has 0 aromatic carbocycles. The molecule has 1 unspecified atom stereocenters. The van der Waals surface area contributed by atoms with Crippen molar-refractivity contribution in [2.45, 2.75) is 70.4 Å². The molecule has 0 saturated heterocycles. The van der Waals surface area contributed by atoms with Crippen molar-refractivity contribution in [3.05, 3.63) is 33.7 Å². The highest BCUT2D eigenvalue weighted by Gasteiger charge is 2.43. The van der Waals surface area contributed by atoms with Crippen LogP contribution in [0.2, 0.25) is 0 Å². The molecule has 2 aliphatic carbocycles. The van der Waals surface area contributed by atoms with Crippen LogP contribution >= 0.6 is 0 Å². The Hall–Kier alpha value is -1.78. The summed E-state index contributed by atoms with van der Waals surface area (Å²) in [5.74, 6) is 0. The van der Waals surface area contributed by atoms with E-state index in [2.05, 4.69) is 10.3 Å². The van der Waals surface area contributed by atoms with Gasteiger partial charge in [-0.15, -0.1) is 0 Å². The zero-order valence-corrected chi connectivity index (χ0v) is 14.3. The molecule has 1 atom stereocenters. The van der Waals surface area contributed by atoms with Crippen molar-refractivity contribution >= 4 is 6.03 Å². The molecule has 2 N–H and O–H groups in total. The number of urea groups is 1. The number of pyridine rings is 1. The topological polar surface area (TPSA) is 65.2 Å². The number of nitrogens with zero attached hydrogens (tertiary/aromatic N) is 1. The molecule has 0 bridgehead atoms. The lowest BCUT2D eigenvalue weighted by molar-refractivity contribution is 0.121. The van der Waals surface area contributed by atoms with Crippen LogP contribution < -0.4 is 10.9 Å². The maximum atomic E-state index is 12.8. The largest absolute Gasteiger partial charge is 0.335 e. The molecular formula is C19H27N3O2.